The van der Waals surface area contributed by atoms with E-state index in [-0.39, 0.29) is 11.8 Å². The zero-order chi connectivity index (χ0) is 21.3. The standard InChI is InChI=1S/C25H21NO2.CH4O/c27-17-9-15-21(19-10-3-1-4-11-19)23-18-26(24-16-8-7-14-22(23)24)25(28)20-12-5-2-6-13-20;1-2/h1-8,10-14,16-18,21H,9,15H2;2H,1H3. The number of hydrogen-bond donors (Lipinski definition) is 1. The van der Waals surface area contributed by atoms with E-state index < -0.39 is 0 Å². The Kier molecular flexibility index (Phi) is 7.30. The SMILES string of the molecule is CO.O=CCCC(c1ccccc1)c1cn(C(=O)c2ccccc2)c2ccccc12. The van der Waals surface area contributed by atoms with Crippen molar-refractivity contribution in [2.75, 3.05) is 7.11 Å². The fourth-order valence-corrected chi connectivity index (χ4v) is 3.79. The number of fused-ring (bicyclic) bond motifs is 1. The fraction of sp³-hybridized carbons (Fsp3) is 0.154. The Morgan fingerprint density at radius 1 is 0.900 bits per heavy atom. The van der Waals surface area contributed by atoms with E-state index in [0.29, 0.717) is 18.4 Å². The van der Waals surface area contributed by atoms with E-state index in [4.69, 9.17) is 5.11 Å². The van der Waals surface area contributed by atoms with E-state index in [0.717, 1.165) is 35.4 Å². The van der Waals surface area contributed by atoms with Gasteiger partial charge in [0.15, 0.2) is 0 Å². The molecule has 4 aromatic rings. The number of aromatic nitrogens is 1. The third-order valence-electron chi connectivity index (χ3n) is 5.13. The van der Waals surface area contributed by atoms with Crippen LogP contribution in [-0.4, -0.2) is 29.0 Å². The number of carbonyl (C=O) groups excluding carboxylic acids is 2. The van der Waals surface area contributed by atoms with Crippen molar-refractivity contribution in [1.29, 1.82) is 0 Å². The molecule has 1 aromatic heterocycles. The van der Waals surface area contributed by atoms with Gasteiger partial charge in [0.1, 0.15) is 6.29 Å². The number of nitrogens with zero attached hydrogens (tertiary/aromatic N) is 1. The molecule has 1 unspecified atom stereocenters. The topological polar surface area (TPSA) is 59.3 Å². The van der Waals surface area contributed by atoms with E-state index in [1.54, 1.807) is 4.57 Å². The monoisotopic (exact) mass is 399 g/mol. The van der Waals surface area contributed by atoms with Gasteiger partial charge in [0.25, 0.3) is 5.91 Å². The Morgan fingerprint density at radius 3 is 2.17 bits per heavy atom. The predicted molar refractivity (Wildman–Crippen MR) is 120 cm³/mol. The highest BCUT2D eigenvalue weighted by Crippen LogP contribution is 2.35. The van der Waals surface area contributed by atoms with E-state index in [1.165, 1.54) is 0 Å². The van der Waals surface area contributed by atoms with E-state index in [1.807, 2.05) is 72.9 Å². The van der Waals surface area contributed by atoms with Gasteiger partial charge in [-0.05, 0) is 35.7 Å². The third kappa shape index (κ3) is 4.39. The average molecular weight is 399 g/mol. The molecule has 152 valence electrons. The molecule has 0 aliphatic heterocycles. The number of carbonyl (C=O) groups is 2. The summed E-state index contributed by atoms with van der Waals surface area (Å²) in [5.74, 6) is 0.00590. The molecule has 1 N–H and O–H groups in total. The maximum atomic E-state index is 13.2. The number of aliphatic hydroxyl groups excluding tert-OH is 1. The van der Waals surface area contributed by atoms with Crippen molar-refractivity contribution in [3.63, 3.8) is 0 Å². The van der Waals surface area contributed by atoms with Gasteiger partial charge in [-0.1, -0.05) is 66.7 Å². The molecule has 30 heavy (non-hydrogen) atoms. The number of hydrogen-bond acceptors (Lipinski definition) is 3. The Labute approximate surface area is 176 Å². The summed E-state index contributed by atoms with van der Waals surface area (Å²) in [5.41, 5.74) is 3.77. The summed E-state index contributed by atoms with van der Waals surface area (Å²) in [7, 11) is 1.00. The molecule has 0 aliphatic rings. The Hall–Kier alpha value is -3.50. The number of aliphatic hydroxyl groups is 1. The first-order chi connectivity index (χ1) is 14.8. The van der Waals surface area contributed by atoms with Gasteiger partial charge in [0, 0.05) is 36.6 Å². The fourth-order valence-electron chi connectivity index (χ4n) is 3.79. The molecular weight excluding hydrogens is 374 g/mol. The molecule has 0 saturated carbocycles. The summed E-state index contributed by atoms with van der Waals surface area (Å²) in [5, 5.41) is 8.05. The summed E-state index contributed by atoms with van der Waals surface area (Å²) in [6, 6.07) is 27.5. The van der Waals surface area contributed by atoms with Crippen LogP contribution in [0.3, 0.4) is 0 Å². The molecule has 1 atom stereocenters. The minimum atomic E-state index is -0.0507. The van der Waals surface area contributed by atoms with Gasteiger partial charge in [-0.15, -0.1) is 0 Å². The average Bonchev–Trinajstić information content (AvgIpc) is 3.21. The Balaban J connectivity index is 0.00000124. The quantitative estimate of drug-likeness (QED) is 0.462. The zero-order valence-corrected chi connectivity index (χ0v) is 16.9. The molecule has 0 saturated heterocycles. The lowest BCUT2D eigenvalue weighted by Crippen LogP contribution is -2.10. The van der Waals surface area contributed by atoms with E-state index >= 15 is 0 Å². The zero-order valence-electron chi connectivity index (χ0n) is 16.9. The van der Waals surface area contributed by atoms with Crippen molar-refractivity contribution in [3.05, 3.63) is 108 Å². The van der Waals surface area contributed by atoms with Gasteiger partial charge < -0.3 is 9.90 Å². The molecule has 0 bridgehead atoms. The van der Waals surface area contributed by atoms with Crippen molar-refractivity contribution in [2.24, 2.45) is 0 Å². The highest BCUT2D eigenvalue weighted by molar-refractivity contribution is 6.03. The molecule has 4 nitrogen and oxygen atoms in total. The number of aldehydes is 1. The lowest BCUT2D eigenvalue weighted by molar-refractivity contribution is -0.107. The molecule has 4 heteroatoms. The van der Waals surface area contributed by atoms with E-state index in [9.17, 15) is 9.59 Å². The van der Waals surface area contributed by atoms with Crippen LogP contribution in [0.1, 0.15) is 40.2 Å². The molecular formula is C26H25NO3. The minimum Gasteiger partial charge on any atom is -0.400 e. The van der Waals surface area contributed by atoms with Crippen LogP contribution in [0.15, 0.2) is 91.1 Å². The van der Waals surface area contributed by atoms with Crippen LogP contribution >= 0.6 is 0 Å². The molecule has 4 rings (SSSR count). The first kappa shape index (κ1) is 21.2. The van der Waals surface area contributed by atoms with Crippen LogP contribution < -0.4 is 0 Å². The molecule has 0 spiro atoms. The lowest BCUT2D eigenvalue weighted by Gasteiger charge is -2.16. The smallest absolute Gasteiger partial charge is 0.262 e. The summed E-state index contributed by atoms with van der Waals surface area (Å²) in [6.45, 7) is 0. The summed E-state index contributed by atoms with van der Waals surface area (Å²) in [4.78, 5) is 24.2. The van der Waals surface area contributed by atoms with Crippen molar-refractivity contribution in [3.8, 4) is 0 Å². The van der Waals surface area contributed by atoms with Crippen LogP contribution in [0, 0.1) is 0 Å². The van der Waals surface area contributed by atoms with Crippen molar-refractivity contribution in [1.82, 2.24) is 4.57 Å². The van der Waals surface area contributed by atoms with Gasteiger partial charge in [0.05, 0.1) is 5.52 Å². The van der Waals surface area contributed by atoms with Gasteiger partial charge in [-0.3, -0.25) is 9.36 Å². The second-order valence-corrected chi connectivity index (χ2v) is 6.85. The number of rotatable bonds is 6. The van der Waals surface area contributed by atoms with Crippen molar-refractivity contribution < 1.29 is 14.7 Å². The normalized spacial score (nSPS) is 11.4. The lowest BCUT2D eigenvalue weighted by atomic mass is 9.87. The summed E-state index contributed by atoms with van der Waals surface area (Å²) < 4.78 is 1.73. The largest absolute Gasteiger partial charge is 0.400 e. The van der Waals surface area contributed by atoms with Crippen LogP contribution in [0.4, 0.5) is 0 Å². The number of benzene rings is 3. The Morgan fingerprint density at radius 2 is 1.50 bits per heavy atom. The van der Waals surface area contributed by atoms with Crippen LogP contribution in [0.5, 0.6) is 0 Å². The molecule has 0 aliphatic carbocycles. The molecule has 0 radical (unpaired) electrons. The van der Waals surface area contributed by atoms with Crippen LogP contribution in [0.25, 0.3) is 10.9 Å². The highest BCUT2D eigenvalue weighted by Gasteiger charge is 2.22. The van der Waals surface area contributed by atoms with Crippen LogP contribution in [-0.2, 0) is 4.79 Å². The second kappa shape index (κ2) is 10.3. The molecule has 0 amide bonds. The predicted octanol–water partition coefficient (Wildman–Crippen LogP) is 5.05. The van der Waals surface area contributed by atoms with Gasteiger partial charge in [-0.25, -0.2) is 0 Å². The number of para-hydroxylation sites is 1. The minimum absolute atomic E-state index is 0.0507. The molecule has 3 aromatic carbocycles. The Bertz CT molecular complexity index is 1100. The third-order valence-corrected chi connectivity index (χ3v) is 5.13. The summed E-state index contributed by atoms with van der Waals surface area (Å²) in [6.07, 6.45) is 4.10. The second-order valence-electron chi connectivity index (χ2n) is 6.85. The maximum absolute atomic E-state index is 13.2. The van der Waals surface area contributed by atoms with Gasteiger partial charge >= 0.3 is 0 Å². The van der Waals surface area contributed by atoms with Gasteiger partial charge in [0.2, 0.25) is 0 Å². The van der Waals surface area contributed by atoms with Crippen LogP contribution in [0.2, 0.25) is 0 Å². The molecule has 0 fully saturated rings. The van der Waals surface area contributed by atoms with Gasteiger partial charge in [-0.2, -0.15) is 0 Å². The maximum Gasteiger partial charge on any atom is 0.262 e. The first-order valence-corrected chi connectivity index (χ1v) is 9.92. The highest BCUT2D eigenvalue weighted by atomic mass is 16.2. The van der Waals surface area contributed by atoms with E-state index in [2.05, 4.69) is 18.2 Å². The van der Waals surface area contributed by atoms with Crippen molar-refractivity contribution in [2.45, 2.75) is 18.8 Å². The first-order valence-electron chi connectivity index (χ1n) is 9.92. The van der Waals surface area contributed by atoms with Crippen molar-refractivity contribution >= 4 is 23.1 Å². The molecule has 1 heterocycles. The summed E-state index contributed by atoms with van der Waals surface area (Å²) >= 11 is 0.